The summed E-state index contributed by atoms with van der Waals surface area (Å²) in [4.78, 5) is 26.3. The van der Waals surface area contributed by atoms with E-state index in [1.807, 2.05) is 6.92 Å². The number of hydrogen-bond acceptors (Lipinski definition) is 6. The summed E-state index contributed by atoms with van der Waals surface area (Å²) in [5.74, 6) is -1.48. The number of rotatable bonds is 7. The molecule has 1 aromatic carbocycles. The van der Waals surface area contributed by atoms with Gasteiger partial charge in [-0.1, -0.05) is 29.8 Å². The average molecular weight is 477 g/mol. The van der Waals surface area contributed by atoms with E-state index in [-0.39, 0.29) is 22.8 Å². The summed E-state index contributed by atoms with van der Waals surface area (Å²) in [6.07, 6.45) is -0.0745. The van der Waals surface area contributed by atoms with E-state index in [4.69, 9.17) is 9.47 Å². The quantitative estimate of drug-likeness (QED) is 0.598. The number of esters is 1. The van der Waals surface area contributed by atoms with Crippen LogP contribution in [0.1, 0.15) is 20.8 Å². The van der Waals surface area contributed by atoms with Crippen LogP contribution in [0.2, 0.25) is 0 Å². The molecule has 10 heteroatoms. The number of benzene rings is 1. The van der Waals surface area contributed by atoms with E-state index in [0.29, 0.717) is 19.7 Å². The van der Waals surface area contributed by atoms with E-state index in [2.05, 4.69) is 20.7 Å². The Kier molecular flexibility index (Phi) is 7.99. The Morgan fingerprint density at radius 3 is 2.54 bits per heavy atom. The molecule has 0 radical (unpaired) electrons. The van der Waals surface area contributed by atoms with Crippen LogP contribution in [-0.4, -0.2) is 63.6 Å². The second-order valence-corrected chi connectivity index (χ2v) is 9.56. The Morgan fingerprint density at radius 1 is 1.32 bits per heavy atom. The Bertz CT molecular complexity index is 797. The fourth-order valence-corrected chi connectivity index (χ4v) is 4.26. The van der Waals surface area contributed by atoms with Crippen LogP contribution in [0.25, 0.3) is 0 Å². The van der Waals surface area contributed by atoms with Crippen molar-refractivity contribution in [2.45, 2.75) is 37.8 Å². The monoisotopic (exact) mass is 476 g/mol. The molecular formula is C18H25BrN2O6S. The van der Waals surface area contributed by atoms with E-state index in [9.17, 15) is 18.0 Å². The van der Waals surface area contributed by atoms with Crippen molar-refractivity contribution in [3.05, 3.63) is 28.7 Å². The number of morpholine rings is 1. The molecule has 1 heterocycles. The zero-order chi connectivity index (χ0) is 20.9. The van der Waals surface area contributed by atoms with Crippen LogP contribution in [0.15, 0.2) is 33.6 Å². The second kappa shape index (κ2) is 9.82. The van der Waals surface area contributed by atoms with Gasteiger partial charge in [-0.2, -0.15) is 4.72 Å². The van der Waals surface area contributed by atoms with Crippen molar-refractivity contribution in [2.75, 3.05) is 26.3 Å². The van der Waals surface area contributed by atoms with Crippen molar-refractivity contribution in [3.8, 4) is 0 Å². The third kappa shape index (κ3) is 6.26. The summed E-state index contributed by atoms with van der Waals surface area (Å²) in [6.45, 7) is 6.11. The average Bonchev–Trinajstić information content (AvgIpc) is 2.64. The standard InChI is InChI=1S/C18H25BrN2O6S/c1-12(2)17(20-28(24,25)15-6-4-14(19)5-7-15)18(23)27-11-16(22)21-8-9-26-13(3)10-21/h4-7,12-13,17,20H,8-11H2,1-3H3/t13-,17-/m0/s1. The van der Waals surface area contributed by atoms with Crippen LogP contribution < -0.4 is 4.72 Å². The fourth-order valence-electron chi connectivity index (χ4n) is 2.66. The van der Waals surface area contributed by atoms with Gasteiger partial charge in [-0.05, 0) is 37.1 Å². The highest BCUT2D eigenvalue weighted by Gasteiger charge is 2.31. The molecule has 1 aliphatic rings. The van der Waals surface area contributed by atoms with Crippen molar-refractivity contribution < 1.29 is 27.5 Å². The summed E-state index contributed by atoms with van der Waals surface area (Å²) < 4.78 is 38.7. The molecule has 0 aromatic heterocycles. The van der Waals surface area contributed by atoms with Crippen molar-refractivity contribution in [1.29, 1.82) is 0 Å². The normalized spacial score (nSPS) is 18.8. The van der Waals surface area contributed by atoms with E-state index < -0.39 is 28.6 Å². The lowest BCUT2D eigenvalue weighted by Gasteiger charge is -2.31. The van der Waals surface area contributed by atoms with Crippen LogP contribution in [0.3, 0.4) is 0 Å². The Labute approximate surface area is 173 Å². The maximum absolute atomic E-state index is 12.6. The maximum Gasteiger partial charge on any atom is 0.324 e. The lowest BCUT2D eigenvalue weighted by Crippen LogP contribution is -2.48. The minimum atomic E-state index is -3.92. The van der Waals surface area contributed by atoms with Crippen LogP contribution in [0.4, 0.5) is 0 Å². The van der Waals surface area contributed by atoms with Gasteiger partial charge in [-0.25, -0.2) is 8.42 Å². The Hall–Kier alpha value is -1.49. The number of carbonyl (C=O) groups excluding carboxylic acids is 2. The molecule has 0 aliphatic carbocycles. The molecule has 1 saturated heterocycles. The summed E-state index contributed by atoms with van der Waals surface area (Å²) in [5, 5.41) is 0. The predicted octanol–water partition coefficient (Wildman–Crippen LogP) is 1.54. The zero-order valence-corrected chi connectivity index (χ0v) is 18.5. The third-order valence-corrected chi connectivity index (χ3v) is 6.24. The van der Waals surface area contributed by atoms with Crippen molar-refractivity contribution in [1.82, 2.24) is 9.62 Å². The van der Waals surface area contributed by atoms with Gasteiger partial charge < -0.3 is 14.4 Å². The number of carbonyl (C=O) groups is 2. The highest BCUT2D eigenvalue weighted by atomic mass is 79.9. The lowest BCUT2D eigenvalue weighted by atomic mass is 10.1. The third-order valence-electron chi connectivity index (χ3n) is 4.26. The van der Waals surface area contributed by atoms with Crippen molar-refractivity contribution in [3.63, 3.8) is 0 Å². The maximum atomic E-state index is 12.6. The van der Waals surface area contributed by atoms with Gasteiger partial charge in [0.15, 0.2) is 6.61 Å². The van der Waals surface area contributed by atoms with Gasteiger partial charge >= 0.3 is 5.97 Å². The number of ether oxygens (including phenoxy) is 2. The number of nitrogens with zero attached hydrogens (tertiary/aromatic N) is 1. The first-order valence-electron chi connectivity index (χ1n) is 8.94. The number of halogens is 1. The van der Waals surface area contributed by atoms with E-state index in [1.54, 1.807) is 30.9 Å². The summed E-state index contributed by atoms with van der Waals surface area (Å²) in [6, 6.07) is 4.94. The molecule has 1 aromatic rings. The molecule has 1 N–H and O–H groups in total. The van der Waals surface area contributed by atoms with E-state index >= 15 is 0 Å². The molecule has 2 atom stereocenters. The molecular weight excluding hydrogens is 452 g/mol. The molecule has 0 unspecified atom stereocenters. The van der Waals surface area contributed by atoms with Crippen LogP contribution in [0, 0.1) is 5.92 Å². The first-order chi connectivity index (χ1) is 13.1. The molecule has 0 saturated carbocycles. The highest BCUT2D eigenvalue weighted by molar-refractivity contribution is 9.10. The molecule has 28 heavy (non-hydrogen) atoms. The molecule has 1 amide bonds. The lowest BCUT2D eigenvalue weighted by molar-refractivity contribution is -0.156. The summed E-state index contributed by atoms with van der Waals surface area (Å²) in [5.41, 5.74) is 0. The zero-order valence-electron chi connectivity index (χ0n) is 16.1. The van der Waals surface area contributed by atoms with Gasteiger partial charge in [0, 0.05) is 17.6 Å². The fraction of sp³-hybridized carbons (Fsp3) is 0.556. The van der Waals surface area contributed by atoms with E-state index in [0.717, 1.165) is 4.47 Å². The molecule has 0 spiro atoms. The Balaban J connectivity index is 1.99. The van der Waals surface area contributed by atoms with Crippen LogP contribution >= 0.6 is 15.9 Å². The number of sulfonamides is 1. The number of hydrogen-bond donors (Lipinski definition) is 1. The van der Waals surface area contributed by atoms with Gasteiger partial charge in [0.1, 0.15) is 6.04 Å². The first kappa shape index (κ1) is 22.8. The predicted molar refractivity (Wildman–Crippen MR) is 106 cm³/mol. The smallest absolute Gasteiger partial charge is 0.324 e. The summed E-state index contributed by atoms with van der Waals surface area (Å²) in [7, 11) is -3.92. The number of amides is 1. The minimum Gasteiger partial charge on any atom is -0.454 e. The molecule has 2 rings (SSSR count). The molecule has 8 nitrogen and oxygen atoms in total. The van der Waals surface area contributed by atoms with Crippen molar-refractivity contribution in [2.24, 2.45) is 5.92 Å². The largest absolute Gasteiger partial charge is 0.454 e. The van der Waals surface area contributed by atoms with E-state index in [1.165, 1.54) is 12.1 Å². The van der Waals surface area contributed by atoms with Crippen LogP contribution in [-0.2, 0) is 29.1 Å². The summed E-state index contributed by atoms with van der Waals surface area (Å²) >= 11 is 3.25. The second-order valence-electron chi connectivity index (χ2n) is 6.93. The molecule has 156 valence electrons. The molecule has 0 bridgehead atoms. The Morgan fingerprint density at radius 2 is 1.96 bits per heavy atom. The van der Waals surface area contributed by atoms with Gasteiger partial charge in [-0.3, -0.25) is 9.59 Å². The van der Waals surface area contributed by atoms with Crippen LogP contribution in [0.5, 0.6) is 0 Å². The van der Waals surface area contributed by atoms with Gasteiger partial charge in [-0.15, -0.1) is 0 Å². The van der Waals surface area contributed by atoms with Gasteiger partial charge in [0.25, 0.3) is 5.91 Å². The molecule has 1 fully saturated rings. The van der Waals surface area contributed by atoms with Crippen molar-refractivity contribution >= 4 is 37.8 Å². The SMILES string of the molecule is CC(C)[C@H](NS(=O)(=O)c1ccc(Br)cc1)C(=O)OCC(=O)N1CCO[C@@H](C)C1. The minimum absolute atomic E-state index is 0.0348. The number of nitrogens with one attached hydrogen (secondary N) is 1. The first-order valence-corrected chi connectivity index (χ1v) is 11.2. The van der Waals surface area contributed by atoms with Gasteiger partial charge in [0.2, 0.25) is 10.0 Å². The molecule has 1 aliphatic heterocycles. The highest BCUT2D eigenvalue weighted by Crippen LogP contribution is 2.16. The topological polar surface area (TPSA) is 102 Å². The van der Waals surface area contributed by atoms with Gasteiger partial charge in [0.05, 0.1) is 17.6 Å².